The van der Waals surface area contributed by atoms with Gasteiger partial charge in [0.25, 0.3) is 0 Å². The molecule has 0 aliphatic heterocycles. The second-order valence-corrected chi connectivity index (χ2v) is 0. The molecule has 0 amide bonds. The molecular weight excluding hydrogens is 224 g/mol. The van der Waals surface area contributed by atoms with Gasteiger partial charge < -0.3 is 27.4 Å². The van der Waals surface area contributed by atoms with E-state index in [9.17, 15) is 0 Å². The summed E-state index contributed by atoms with van der Waals surface area (Å²) in [7, 11) is 0. The van der Waals surface area contributed by atoms with Gasteiger partial charge in [-0.2, -0.15) is 0 Å². The molecule has 0 aromatic heterocycles. The first kappa shape index (κ1) is 211. The molecule has 0 saturated heterocycles. The quantitative estimate of drug-likeness (QED) is 0.372. The van der Waals surface area contributed by atoms with Gasteiger partial charge in [0.15, 0.2) is 0 Å². The van der Waals surface area contributed by atoms with Crippen LogP contribution in [0.15, 0.2) is 0 Å². The monoisotopic (exact) mass is 234 g/mol. The van der Waals surface area contributed by atoms with Crippen LogP contribution >= 0.6 is 0 Å². The summed E-state index contributed by atoms with van der Waals surface area (Å²) in [6.45, 7) is 0. The van der Waals surface area contributed by atoms with Crippen LogP contribution in [-0.2, 0) is 65.2 Å². The normalized spacial score (nSPS) is 0. The van der Waals surface area contributed by atoms with Crippen LogP contribution in [0, 0.1) is 0 Å². The van der Waals surface area contributed by atoms with Crippen molar-refractivity contribution in [1.82, 2.24) is 0 Å². The fourth-order valence-corrected chi connectivity index (χ4v) is 0. The molecule has 8 heavy (non-hydrogen) atoms. The largest absolute Gasteiger partial charge is 0.412 e. The first-order valence-corrected chi connectivity index (χ1v) is 0. The van der Waals surface area contributed by atoms with E-state index in [4.69, 9.17) is 0 Å². The van der Waals surface area contributed by atoms with Gasteiger partial charge in [-0.1, -0.05) is 0 Å². The standard InChI is InChI=1S/5H2O.3Ti/h5*1H2;;;. The van der Waals surface area contributed by atoms with Crippen molar-refractivity contribution in [1.29, 1.82) is 0 Å². The van der Waals surface area contributed by atoms with Crippen LogP contribution in [0.25, 0.3) is 0 Å². The maximum absolute atomic E-state index is 0. The topological polar surface area (TPSA) is 158 Å². The third-order valence-electron chi connectivity index (χ3n) is 0. The summed E-state index contributed by atoms with van der Waals surface area (Å²) in [5.74, 6) is 0. The molecule has 8 heteroatoms. The smallest absolute Gasteiger partial charge is 0 e. The zero-order valence-corrected chi connectivity index (χ0v) is 8.68. The summed E-state index contributed by atoms with van der Waals surface area (Å²) in [6, 6.07) is 0. The zero-order chi connectivity index (χ0) is 0. The van der Waals surface area contributed by atoms with Crippen LogP contribution < -0.4 is 0 Å². The molecule has 52 valence electrons. The van der Waals surface area contributed by atoms with Gasteiger partial charge in [-0.25, -0.2) is 0 Å². The predicted octanol–water partition coefficient (Wildman–Crippen LogP) is -4.13. The third-order valence-corrected chi connectivity index (χ3v) is 0. The Morgan fingerprint density at radius 3 is 0.250 bits per heavy atom. The van der Waals surface area contributed by atoms with E-state index in [0.29, 0.717) is 0 Å². The average Bonchev–Trinajstić information content (AvgIpc) is 0. The van der Waals surface area contributed by atoms with Crippen molar-refractivity contribution in [2.24, 2.45) is 0 Å². The molecule has 0 heterocycles. The van der Waals surface area contributed by atoms with Crippen molar-refractivity contribution in [3.05, 3.63) is 0 Å². The summed E-state index contributed by atoms with van der Waals surface area (Å²) in [4.78, 5) is 0. The number of hydrogen-bond acceptors (Lipinski definition) is 0. The van der Waals surface area contributed by atoms with E-state index in [0.717, 1.165) is 0 Å². The molecule has 0 unspecified atom stereocenters. The minimum absolute atomic E-state index is 0. The van der Waals surface area contributed by atoms with Crippen molar-refractivity contribution in [2.45, 2.75) is 0 Å². The fourth-order valence-electron chi connectivity index (χ4n) is 0. The van der Waals surface area contributed by atoms with E-state index in [1.807, 2.05) is 0 Å². The van der Waals surface area contributed by atoms with E-state index in [2.05, 4.69) is 0 Å². The van der Waals surface area contributed by atoms with E-state index in [-0.39, 0.29) is 92.5 Å². The van der Waals surface area contributed by atoms with Crippen molar-refractivity contribution < 1.29 is 92.5 Å². The average molecular weight is 234 g/mol. The SMILES string of the molecule is O.O.O.O.O.[Ti].[Ti].[Ti]. The summed E-state index contributed by atoms with van der Waals surface area (Å²) in [5.41, 5.74) is 0. The Morgan fingerprint density at radius 2 is 0.250 bits per heavy atom. The van der Waals surface area contributed by atoms with Crippen LogP contribution in [-0.4, -0.2) is 27.4 Å². The van der Waals surface area contributed by atoms with Gasteiger partial charge in [0, 0.05) is 65.2 Å². The molecule has 0 atom stereocenters. The molecule has 5 nitrogen and oxygen atoms in total. The van der Waals surface area contributed by atoms with Gasteiger partial charge in [-0.15, -0.1) is 0 Å². The van der Waals surface area contributed by atoms with Crippen LogP contribution in [0.2, 0.25) is 0 Å². The molecule has 0 bridgehead atoms. The Hall–Kier alpha value is 1.94. The van der Waals surface area contributed by atoms with Gasteiger partial charge in [-0.05, 0) is 0 Å². The van der Waals surface area contributed by atoms with E-state index in [1.165, 1.54) is 0 Å². The van der Waals surface area contributed by atoms with Crippen molar-refractivity contribution in [3.63, 3.8) is 0 Å². The third kappa shape index (κ3) is 101. The first-order valence-electron chi connectivity index (χ1n) is 0. The fraction of sp³-hybridized carbons (Fsp3) is 0. The molecule has 10 N–H and O–H groups in total. The minimum atomic E-state index is 0. The number of hydrogen-bond donors (Lipinski definition) is 0. The maximum Gasteiger partial charge on any atom is 0 e. The second-order valence-electron chi connectivity index (χ2n) is 0. The minimum Gasteiger partial charge on any atom is -0.412 e. The Balaban J connectivity index is 0. The van der Waals surface area contributed by atoms with E-state index < -0.39 is 0 Å². The predicted molar refractivity (Wildman–Crippen MR) is 18.1 cm³/mol. The number of rotatable bonds is 0. The van der Waals surface area contributed by atoms with Gasteiger partial charge in [0.1, 0.15) is 0 Å². The van der Waals surface area contributed by atoms with Gasteiger partial charge in [-0.3, -0.25) is 0 Å². The molecule has 0 aromatic rings. The van der Waals surface area contributed by atoms with Crippen molar-refractivity contribution >= 4 is 0 Å². The summed E-state index contributed by atoms with van der Waals surface area (Å²) in [6.07, 6.45) is 0. The second kappa shape index (κ2) is 149. The molecule has 0 rings (SSSR count). The Kier molecular flexibility index (Phi) is 3940. The summed E-state index contributed by atoms with van der Waals surface area (Å²) < 4.78 is 0. The van der Waals surface area contributed by atoms with Gasteiger partial charge >= 0.3 is 0 Å². The molecular formula is H10O5Ti3. The molecule has 0 aromatic carbocycles. The summed E-state index contributed by atoms with van der Waals surface area (Å²) in [5, 5.41) is 0. The molecule has 0 aliphatic rings. The summed E-state index contributed by atoms with van der Waals surface area (Å²) >= 11 is 0. The van der Waals surface area contributed by atoms with E-state index >= 15 is 0 Å². The van der Waals surface area contributed by atoms with Crippen LogP contribution in [0.5, 0.6) is 0 Å². The molecule has 0 fully saturated rings. The first-order chi connectivity index (χ1) is 0. The van der Waals surface area contributed by atoms with Crippen LogP contribution in [0.4, 0.5) is 0 Å². The Labute approximate surface area is 91.8 Å². The van der Waals surface area contributed by atoms with Crippen LogP contribution in [0.1, 0.15) is 0 Å². The van der Waals surface area contributed by atoms with Crippen LogP contribution in [0.3, 0.4) is 0 Å². The Bertz CT molecular complexity index is 7.64. The molecule has 0 aliphatic carbocycles. The molecule has 0 saturated carbocycles. The molecule has 0 spiro atoms. The maximum atomic E-state index is 0. The Morgan fingerprint density at radius 1 is 0.250 bits per heavy atom. The zero-order valence-electron chi connectivity index (χ0n) is 4.00. The van der Waals surface area contributed by atoms with E-state index in [1.54, 1.807) is 0 Å². The van der Waals surface area contributed by atoms with Crippen molar-refractivity contribution in [2.75, 3.05) is 0 Å². The van der Waals surface area contributed by atoms with Gasteiger partial charge in [0.05, 0.1) is 0 Å². The van der Waals surface area contributed by atoms with Gasteiger partial charge in [0.2, 0.25) is 0 Å². The molecule has 0 radical (unpaired) electrons. The van der Waals surface area contributed by atoms with Crippen molar-refractivity contribution in [3.8, 4) is 0 Å².